The van der Waals surface area contributed by atoms with Crippen LogP contribution in [0.25, 0.3) is 0 Å². The van der Waals surface area contributed by atoms with Gasteiger partial charge in [-0.05, 0) is 25.0 Å². The largest absolute Gasteiger partial charge is 0.500 e. The van der Waals surface area contributed by atoms with Crippen LogP contribution in [0.1, 0.15) is 31.2 Å². The van der Waals surface area contributed by atoms with E-state index in [1.165, 1.54) is 13.2 Å². The molecule has 0 atom stereocenters. The Kier molecular flexibility index (Phi) is 10.4. The van der Waals surface area contributed by atoms with Crippen LogP contribution >= 0.6 is 0 Å². The van der Waals surface area contributed by atoms with Crippen molar-refractivity contribution < 1.29 is 27.7 Å². The highest BCUT2D eigenvalue weighted by atomic mass is 28.4. The number of hydrogen-bond donors (Lipinski definition) is 0. The topological polar surface area (TPSA) is 89.3 Å². The molecule has 0 aliphatic heterocycles. The number of nitro benzene ring substituents is 1. The molecule has 0 radical (unpaired) electrons. The smallest absolute Gasteiger partial charge is 0.497 e. The number of nitro groups is 1. The van der Waals surface area contributed by atoms with Crippen molar-refractivity contribution >= 4 is 14.5 Å². The van der Waals surface area contributed by atoms with E-state index in [1.54, 1.807) is 33.5 Å². The Hall–Kier alpha value is -1.52. The summed E-state index contributed by atoms with van der Waals surface area (Å²) in [6, 6.07) is 5.57. The standard InChI is InChI=1S/C17H29NO7Si/c1-21-16-10-9-15(17(13-16)18(19)20)14-25-11-7-5-6-8-12-26(22-2,23-3)24-4/h9-10,13H,5-8,11-12,14H2,1-4H3. The average molecular weight is 388 g/mol. The zero-order valence-electron chi connectivity index (χ0n) is 16.0. The Bertz CT molecular complexity index is 544. The van der Waals surface area contributed by atoms with E-state index in [2.05, 4.69) is 0 Å². The van der Waals surface area contributed by atoms with Gasteiger partial charge in [0.15, 0.2) is 0 Å². The summed E-state index contributed by atoms with van der Waals surface area (Å²) in [5.41, 5.74) is 0.566. The Morgan fingerprint density at radius 1 is 1.00 bits per heavy atom. The van der Waals surface area contributed by atoms with Crippen LogP contribution in [0.5, 0.6) is 5.75 Å². The molecule has 1 aromatic rings. The number of hydrogen-bond acceptors (Lipinski definition) is 7. The summed E-state index contributed by atoms with van der Waals surface area (Å²) in [5.74, 6) is 0.461. The highest BCUT2D eigenvalue weighted by molar-refractivity contribution is 6.60. The number of unbranched alkanes of at least 4 members (excludes halogenated alkanes) is 3. The molecule has 26 heavy (non-hydrogen) atoms. The van der Waals surface area contributed by atoms with Gasteiger partial charge in [-0.2, -0.15) is 0 Å². The lowest BCUT2D eigenvalue weighted by atomic mass is 10.2. The van der Waals surface area contributed by atoms with Crippen LogP contribution in [0.15, 0.2) is 18.2 Å². The van der Waals surface area contributed by atoms with Gasteiger partial charge in [0.1, 0.15) is 5.75 Å². The maximum Gasteiger partial charge on any atom is 0.500 e. The molecule has 0 N–H and O–H groups in total. The number of rotatable bonds is 14. The number of nitrogens with zero attached hydrogens (tertiary/aromatic N) is 1. The lowest BCUT2D eigenvalue weighted by molar-refractivity contribution is -0.386. The van der Waals surface area contributed by atoms with Crippen molar-refractivity contribution in [3.63, 3.8) is 0 Å². The Morgan fingerprint density at radius 3 is 2.23 bits per heavy atom. The lowest BCUT2D eigenvalue weighted by Crippen LogP contribution is -2.42. The third-order valence-electron chi connectivity index (χ3n) is 4.20. The summed E-state index contributed by atoms with van der Waals surface area (Å²) in [7, 11) is 3.86. The van der Waals surface area contributed by atoms with Crippen LogP contribution < -0.4 is 4.74 Å². The van der Waals surface area contributed by atoms with E-state index < -0.39 is 13.7 Å². The van der Waals surface area contributed by atoms with E-state index >= 15 is 0 Å². The van der Waals surface area contributed by atoms with Gasteiger partial charge in [0, 0.05) is 34.0 Å². The van der Waals surface area contributed by atoms with Gasteiger partial charge in [-0.25, -0.2) is 0 Å². The molecule has 9 heteroatoms. The minimum Gasteiger partial charge on any atom is -0.497 e. The van der Waals surface area contributed by atoms with Crippen molar-refractivity contribution in [2.75, 3.05) is 35.0 Å². The molecule has 0 fully saturated rings. The molecular weight excluding hydrogens is 358 g/mol. The molecule has 0 unspecified atom stereocenters. The van der Waals surface area contributed by atoms with Crippen LogP contribution in [-0.2, 0) is 24.6 Å². The van der Waals surface area contributed by atoms with Gasteiger partial charge in [-0.3, -0.25) is 10.1 Å². The van der Waals surface area contributed by atoms with Gasteiger partial charge in [-0.1, -0.05) is 12.8 Å². The maximum absolute atomic E-state index is 11.1. The van der Waals surface area contributed by atoms with E-state index in [1.807, 2.05) is 0 Å². The van der Waals surface area contributed by atoms with Crippen molar-refractivity contribution in [1.82, 2.24) is 0 Å². The van der Waals surface area contributed by atoms with Crippen molar-refractivity contribution in [1.29, 1.82) is 0 Å². The first-order chi connectivity index (χ1) is 12.5. The molecule has 148 valence electrons. The molecule has 0 spiro atoms. The Morgan fingerprint density at radius 2 is 1.65 bits per heavy atom. The highest BCUT2D eigenvalue weighted by Gasteiger charge is 2.36. The molecule has 0 amide bonds. The fourth-order valence-electron chi connectivity index (χ4n) is 2.60. The third kappa shape index (κ3) is 7.00. The molecule has 0 aliphatic carbocycles. The van der Waals surface area contributed by atoms with Crippen LogP contribution in [-0.4, -0.2) is 48.8 Å². The third-order valence-corrected chi connectivity index (χ3v) is 7.03. The molecule has 0 heterocycles. The van der Waals surface area contributed by atoms with Crippen molar-refractivity contribution in [2.24, 2.45) is 0 Å². The molecule has 1 aromatic carbocycles. The van der Waals surface area contributed by atoms with E-state index in [0.29, 0.717) is 17.9 Å². The predicted octanol–water partition coefficient (Wildman–Crippen LogP) is 3.56. The van der Waals surface area contributed by atoms with Gasteiger partial charge >= 0.3 is 8.80 Å². The number of ether oxygens (including phenoxy) is 2. The summed E-state index contributed by atoms with van der Waals surface area (Å²) >= 11 is 0. The summed E-state index contributed by atoms with van der Waals surface area (Å²) in [6.07, 6.45) is 3.89. The molecule has 0 bridgehead atoms. The first-order valence-corrected chi connectivity index (χ1v) is 10.5. The summed E-state index contributed by atoms with van der Waals surface area (Å²) < 4.78 is 26.8. The van der Waals surface area contributed by atoms with Gasteiger partial charge in [-0.15, -0.1) is 0 Å². The Labute approximate surface area is 155 Å². The molecular formula is C17H29NO7Si. The van der Waals surface area contributed by atoms with Crippen molar-refractivity contribution in [3.8, 4) is 5.75 Å². The lowest BCUT2D eigenvalue weighted by Gasteiger charge is -2.24. The second-order valence-electron chi connectivity index (χ2n) is 5.76. The zero-order valence-corrected chi connectivity index (χ0v) is 17.0. The molecule has 0 aliphatic rings. The van der Waals surface area contributed by atoms with Gasteiger partial charge in [0.25, 0.3) is 5.69 Å². The first kappa shape index (κ1) is 22.5. The molecule has 0 saturated heterocycles. The minimum atomic E-state index is -2.47. The summed E-state index contributed by atoms with van der Waals surface area (Å²) in [5, 5.41) is 11.1. The first-order valence-electron chi connectivity index (χ1n) is 8.56. The maximum atomic E-state index is 11.1. The van der Waals surface area contributed by atoms with Crippen LogP contribution in [0, 0.1) is 10.1 Å². The van der Waals surface area contributed by atoms with E-state index in [-0.39, 0.29) is 12.3 Å². The summed E-state index contributed by atoms with van der Waals surface area (Å²) in [6.45, 7) is 0.776. The number of methoxy groups -OCH3 is 1. The number of benzene rings is 1. The van der Waals surface area contributed by atoms with Gasteiger partial charge in [0.2, 0.25) is 0 Å². The quantitative estimate of drug-likeness (QED) is 0.209. The van der Waals surface area contributed by atoms with Crippen LogP contribution in [0.2, 0.25) is 6.04 Å². The molecule has 8 nitrogen and oxygen atoms in total. The monoisotopic (exact) mass is 387 g/mol. The molecule has 0 saturated carbocycles. The van der Waals surface area contributed by atoms with E-state index in [0.717, 1.165) is 31.7 Å². The van der Waals surface area contributed by atoms with Crippen LogP contribution in [0.3, 0.4) is 0 Å². The SMILES string of the molecule is COc1ccc(COCCCCCC[Si](OC)(OC)OC)c([N+](=O)[O-])c1. The highest BCUT2D eigenvalue weighted by Crippen LogP contribution is 2.25. The van der Waals surface area contributed by atoms with Gasteiger partial charge in [0.05, 0.1) is 30.3 Å². The average Bonchev–Trinajstić information content (AvgIpc) is 2.67. The normalized spacial score (nSPS) is 11.5. The van der Waals surface area contributed by atoms with E-state index in [9.17, 15) is 10.1 Å². The second-order valence-corrected chi connectivity index (χ2v) is 8.85. The molecule has 0 aromatic heterocycles. The van der Waals surface area contributed by atoms with E-state index in [4.69, 9.17) is 22.8 Å². The summed E-state index contributed by atoms with van der Waals surface area (Å²) in [4.78, 5) is 10.7. The molecule has 1 rings (SSSR count). The predicted molar refractivity (Wildman–Crippen MR) is 99.4 cm³/mol. The van der Waals surface area contributed by atoms with Crippen LogP contribution in [0.4, 0.5) is 5.69 Å². The van der Waals surface area contributed by atoms with Crippen molar-refractivity contribution in [3.05, 3.63) is 33.9 Å². The second kappa shape index (κ2) is 12.0. The Balaban J connectivity index is 2.26. The zero-order chi connectivity index (χ0) is 19.4. The van der Waals surface area contributed by atoms with Crippen molar-refractivity contribution in [2.45, 2.75) is 38.3 Å². The van der Waals surface area contributed by atoms with Gasteiger partial charge < -0.3 is 22.8 Å². The minimum absolute atomic E-state index is 0.0179. The fraction of sp³-hybridized carbons (Fsp3) is 0.647. The fourth-order valence-corrected chi connectivity index (χ4v) is 4.40.